The van der Waals surface area contributed by atoms with Gasteiger partial charge in [-0.1, -0.05) is 73.9 Å². The molecule has 1 aliphatic carbocycles. The van der Waals surface area contributed by atoms with Crippen LogP contribution in [-0.2, 0) is 6.54 Å². The summed E-state index contributed by atoms with van der Waals surface area (Å²) in [5, 5.41) is 3.22. The number of amides is 1. The predicted octanol–water partition coefficient (Wildman–Crippen LogP) is 6.39. The number of piperidine rings is 1. The van der Waals surface area contributed by atoms with E-state index in [1.165, 1.54) is 36.0 Å². The van der Waals surface area contributed by atoms with Crippen LogP contribution < -0.4 is 10.1 Å². The Bertz CT molecular complexity index is 1210. The SMILES string of the molecule is CN(C)C1(CNC(=O)c2cccc(OC3CCN(Cc4cccc(-c5ccccc5)c4)CC3)c2)CCCCC1. The van der Waals surface area contributed by atoms with Crippen LogP contribution in [0.1, 0.15) is 60.9 Å². The molecule has 1 saturated heterocycles. The topological polar surface area (TPSA) is 44.8 Å². The Balaban J connectivity index is 1.11. The molecule has 2 fully saturated rings. The molecular weight excluding hydrogens is 482 g/mol. The van der Waals surface area contributed by atoms with Gasteiger partial charge in [-0.2, -0.15) is 0 Å². The Labute approximate surface area is 234 Å². The van der Waals surface area contributed by atoms with Crippen molar-refractivity contribution < 1.29 is 9.53 Å². The summed E-state index contributed by atoms with van der Waals surface area (Å²) in [6.45, 7) is 3.66. The summed E-state index contributed by atoms with van der Waals surface area (Å²) >= 11 is 0. The first-order valence-electron chi connectivity index (χ1n) is 14.6. The smallest absolute Gasteiger partial charge is 0.251 e. The van der Waals surface area contributed by atoms with Gasteiger partial charge in [-0.15, -0.1) is 0 Å². The summed E-state index contributed by atoms with van der Waals surface area (Å²) < 4.78 is 6.36. The number of nitrogens with one attached hydrogen (secondary N) is 1. The molecule has 0 aromatic heterocycles. The molecule has 1 N–H and O–H groups in total. The van der Waals surface area contributed by atoms with Gasteiger partial charge in [-0.25, -0.2) is 0 Å². The molecule has 206 valence electrons. The number of nitrogens with zero attached hydrogens (tertiary/aromatic N) is 2. The van der Waals surface area contributed by atoms with Crippen LogP contribution in [0.2, 0.25) is 0 Å². The van der Waals surface area contributed by atoms with Crippen LogP contribution in [0.25, 0.3) is 11.1 Å². The Morgan fingerprint density at radius 2 is 1.62 bits per heavy atom. The van der Waals surface area contributed by atoms with Gasteiger partial charge < -0.3 is 15.0 Å². The summed E-state index contributed by atoms with van der Waals surface area (Å²) in [5.74, 6) is 0.774. The van der Waals surface area contributed by atoms with Gasteiger partial charge in [0.05, 0.1) is 0 Å². The first-order valence-corrected chi connectivity index (χ1v) is 14.6. The number of likely N-dealkylation sites (N-methyl/N-ethyl adjacent to an activating group) is 1. The van der Waals surface area contributed by atoms with E-state index in [1.807, 2.05) is 24.3 Å². The number of hydrogen-bond donors (Lipinski definition) is 1. The van der Waals surface area contributed by atoms with Crippen LogP contribution >= 0.6 is 0 Å². The molecule has 3 aromatic rings. The second-order valence-electron chi connectivity index (χ2n) is 11.5. The van der Waals surface area contributed by atoms with Crippen LogP contribution in [0.15, 0.2) is 78.9 Å². The largest absolute Gasteiger partial charge is 0.490 e. The lowest BCUT2D eigenvalue weighted by atomic mass is 9.80. The van der Waals surface area contributed by atoms with Gasteiger partial charge >= 0.3 is 0 Å². The summed E-state index contributed by atoms with van der Waals surface area (Å²) in [5.41, 5.74) is 4.62. The quantitative estimate of drug-likeness (QED) is 0.352. The van der Waals surface area contributed by atoms with E-state index in [9.17, 15) is 4.79 Å². The van der Waals surface area contributed by atoms with Gasteiger partial charge in [0.25, 0.3) is 5.91 Å². The van der Waals surface area contributed by atoms with E-state index in [1.54, 1.807) is 0 Å². The van der Waals surface area contributed by atoms with Gasteiger partial charge in [-0.3, -0.25) is 9.69 Å². The average molecular weight is 526 g/mol. The Morgan fingerprint density at radius 3 is 2.36 bits per heavy atom. The lowest BCUT2D eigenvalue weighted by Gasteiger charge is -2.43. The molecule has 5 rings (SSSR count). The van der Waals surface area contributed by atoms with E-state index in [4.69, 9.17) is 4.74 Å². The highest BCUT2D eigenvalue weighted by molar-refractivity contribution is 5.94. The molecule has 1 saturated carbocycles. The lowest BCUT2D eigenvalue weighted by Crippen LogP contribution is -2.53. The molecule has 0 unspecified atom stereocenters. The molecule has 2 aliphatic rings. The predicted molar refractivity (Wildman–Crippen MR) is 159 cm³/mol. The van der Waals surface area contributed by atoms with E-state index >= 15 is 0 Å². The maximum absolute atomic E-state index is 13.0. The fraction of sp³-hybridized carbons (Fsp3) is 0.441. The summed E-state index contributed by atoms with van der Waals surface area (Å²) in [6.07, 6.45) is 8.19. The molecule has 0 atom stereocenters. The Morgan fingerprint density at radius 1 is 0.897 bits per heavy atom. The number of rotatable bonds is 9. The third-order valence-corrected chi connectivity index (χ3v) is 8.68. The van der Waals surface area contributed by atoms with Crippen molar-refractivity contribution in [1.82, 2.24) is 15.1 Å². The van der Waals surface area contributed by atoms with Crippen molar-refractivity contribution in [2.24, 2.45) is 0 Å². The molecule has 5 heteroatoms. The molecule has 1 aliphatic heterocycles. The van der Waals surface area contributed by atoms with Crippen molar-refractivity contribution in [3.63, 3.8) is 0 Å². The zero-order chi connectivity index (χ0) is 27.1. The fourth-order valence-corrected chi connectivity index (χ4v) is 6.17. The summed E-state index contributed by atoms with van der Waals surface area (Å²) in [4.78, 5) is 17.9. The highest BCUT2D eigenvalue weighted by Crippen LogP contribution is 2.32. The third-order valence-electron chi connectivity index (χ3n) is 8.68. The first-order chi connectivity index (χ1) is 19.0. The van der Waals surface area contributed by atoms with Gasteiger partial charge in [-0.05, 0) is 80.7 Å². The second-order valence-corrected chi connectivity index (χ2v) is 11.5. The summed E-state index contributed by atoms with van der Waals surface area (Å²) in [6, 6.07) is 27.1. The molecule has 5 nitrogen and oxygen atoms in total. The maximum Gasteiger partial charge on any atom is 0.251 e. The summed E-state index contributed by atoms with van der Waals surface area (Å²) in [7, 11) is 4.28. The van der Waals surface area contributed by atoms with Gasteiger partial charge in [0, 0.05) is 37.3 Å². The highest BCUT2D eigenvalue weighted by atomic mass is 16.5. The van der Waals surface area contributed by atoms with Crippen LogP contribution in [0, 0.1) is 0 Å². The average Bonchev–Trinajstić information content (AvgIpc) is 2.98. The third kappa shape index (κ3) is 7.09. The second kappa shape index (κ2) is 12.8. The normalized spacial score (nSPS) is 18.1. The minimum Gasteiger partial charge on any atom is -0.490 e. The van der Waals surface area contributed by atoms with Crippen LogP contribution in [0.3, 0.4) is 0 Å². The number of likely N-dealkylation sites (tertiary alicyclic amines) is 1. The molecule has 0 spiro atoms. The van der Waals surface area contributed by atoms with E-state index in [0.717, 1.165) is 51.1 Å². The monoisotopic (exact) mass is 525 g/mol. The maximum atomic E-state index is 13.0. The standard InChI is InChI=1S/C34H43N3O2/c1-36(2)34(19-7-4-8-20-34)26-35-33(38)30-15-10-16-32(24-30)39-31-17-21-37(22-18-31)25-27-11-9-14-29(23-27)28-12-5-3-6-13-28/h3,5-6,9-16,23-24,31H,4,7-8,17-22,25-26H2,1-2H3,(H,35,38). The number of benzene rings is 3. The van der Waals surface area contributed by atoms with Crippen molar-refractivity contribution in [1.29, 1.82) is 0 Å². The number of carbonyl (C=O) groups excluding carboxylic acids is 1. The molecule has 3 aromatic carbocycles. The van der Waals surface area contributed by atoms with Crippen molar-refractivity contribution in [2.45, 2.75) is 63.1 Å². The van der Waals surface area contributed by atoms with Crippen LogP contribution in [0.5, 0.6) is 5.75 Å². The number of hydrogen-bond acceptors (Lipinski definition) is 4. The van der Waals surface area contributed by atoms with Gasteiger partial charge in [0.15, 0.2) is 0 Å². The van der Waals surface area contributed by atoms with E-state index in [0.29, 0.717) is 12.1 Å². The van der Waals surface area contributed by atoms with Crippen molar-refractivity contribution in [3.05, 3.63) is 90.0 Å². The minimum absolute atomic E-state index is 0.0141. The van der Waals surface area contributed by atoms with Crippen LogP contribution in [-0.4, -0.2) is 61.1 Å². The zero-order valence-electron chi connectivity index (χ0n) is 23.6. The lowest BCUT2D eigenvalue weighted by molar-refractivity contribution is 0.0797. The van der Waals surface area contributed by atoms with Gasteiger partial charge in [0.1, 0.15) is 11.9 Å². The molecule has 39 heavy (non-hydrogen) atoms. The number of carbonyl (C=O) groups is 1. The van der Waals surface area contributed by atoms with Crippen molar-refractivity contribution in [2.75, 3.05) is 33.7 Å². The fourth-order valence-electron chi connectivity index (χ4n) is 6.17. The molecular formula is C34H43N3O2. The highest BCUT2D eigenvalue weighted by Gasteiger charge is 2.34. The van der Waals surface area contributed by atoms with Gasteiger partial charge in [0.2, 0.25) is 0 Å². The Hall–Kier alpha value is -3.15. The van der Waals surface area contributed by atoms with E-state index in [-0.39, 0.29) is 17.6 Å². The number of ether oxygens (including phenoxy) is 1. The minimum atomic E-state index is -0.0141. The Kier molecular flexibility index (Phi) is 9.00. The molecule has 0 bridgehead atoms. The molecule has 0 radical (unpaired) electrons. The van der Waals surface area contributed by atoms with Crippen molar-refractivity contribution in [3.8, 4) is 16.9 Å². The first kappa shape index (κ1) is 27.4. The van der Waals surface area contributed by atoms with Crippen molar-refractivity contribution >= 4 is 5.91 Å². The van der Waals surface area contributed by atoms with Crippen LogP contribution in [0.4, 0.5) is 0 Å². The zero-order valence-corrected chi connectivity index (χ0v) is 23.6. The molecule has 1 amide bonds. The van der Waals surface area contributed by atoms with E-state index in [2.05, 4.69) is 83.8 Å². The molecule has 1 heterocycles. The van der Waals surface area contributed by atoms with E-state index < -0.39 is 0 Å².